The normalized spacial score (nSPS) is 32.9. The summed E-state index contributed by atoms with van der Waals surface area (Å²) in [5, 5.41) is 0. The molecule has 2 N–H and O–H groups in total. The van der Waals surface area contributed by atoms with Gasteiger partial charge in [0.25, 0.3) is 0 Å². The van der Waals surface area contributed by atoms with Gasteiger partial charge in [0, 0.05) is 17.0 Å². The van der Waals surface area contributed by atoms with Crippen molar-refractivity contribution in [2.24, 2.45) is 11.7 Å². The number of carbonyl (C=O) groups excluding carboxylic acids is 1. The first-order chi connectivity index (χ1) is 13.3. The van der Waals surface area contributed by atoms with Crippen LogP contribution in [0, 0.1) is 5.92 Å². The van der Waals surface area contributed by atoms with Gasteiger partial charge in [0.05, 0.1) is 7.11 Å². The fraction of sp³-hybridized carbons (Fsp3) is 0.591. The zero-order chi connectivity index (χ0) is 19.8. The number of hydrogen-bond acceptors (Lipinski definition) is 6. The summed E-state index contributed by atoms with van der Waals surface area (Å²) in [7, 11) is 3.89. The first-order valence-corrected chi connectivity index (χ1v) is 10.1. The molecule has 1 aromatic carbocycles. The molecule has 1 saturated heterocycles. The Labute approximate surface area is 165 Å². The van der Waals surface area contributed by atoms with Crippen molar-refractivity contribution in [2.75, 3.05) is 20.7 Å². The van der Waals surface area contributed by atoms with Crippen molar-refractivity contribution in [3.63, 3.8) is 0 Å². The average molecular weight is 384 g/mol. The summed E-state index contributed by atoms with van der Waals surface area (Å²) in [6.45, 7) is 4.33. The van der Waals surface area contributed by atoms with E-state index < -0.39 is 11.5 Å². The van der Waals surface area contributed by atoms with Crippen molar-refractivity contribution >= 4 is 5.97 Å². The number of ether oxygens (including phenoxy) is 3. The van der Waals surface area contributed by atoms with Gasteiger partial charge in [-0.25, -0.2) is 4.79 Å². The first-order valence-electron chi connectivity index (χ1n) is 10.1. The highest BCUT2D eigenvalue weighted by molar-refractivity contribution is 5.80. The minimum absolute atomic E-state index is 0.169. The zero-order valence-electron chi connectivity index (χ0n) is 17.0. The molecule has 0 amide bonds. The summed E-state index contributed by atoms with van der Waals surface area (Å²) in [4.78, 5) is 15.0. The Hall–Kier alpha value is -2.05. The molecule has 2 heterocycles. The highest BCUT2D eigenvalue weighted by Crippen LogP contribution is 2.63. The van der Waals surface area contributed by atoms with Gasteiger partial charge in [-0.15, -0.1) is 0 Å². The summed E-state index contributed by atoms with van der Waals surface area (Å²) < 4.78 is 18.0. The van der Waals surface area contributed by atoms with E-state index in [9.17, 15) is 4.79 Å². The van der Waals surface area contributed by atoms with Gasteiger partial charge in [-0.2, -0.15) is 0 Å². The van der Waals surface area contributed by atoms with Gasteiger partial charge >= 0.3 is 5.97 Å². The Morgan fingerprint density at radius 3 is 2.89 bits per heavy atom. The number of allylic oxidation sites excluding steroid dienone is 1. The average Bonchev–Trinajstić information content (AvgIpc) is 3.00. The molecule has 0 unspecified atom stereocenters. The number of rotatable bonds is 3. The van der Waals surface area contributed by atoms with E-state index in [1.54, 1.807) is 21.0 Å². The maximum atomic E-state index is 12.5. The highest BCUT2D eigenvalue weighted by atomic mass is 16.6. The lowest BCUT2D eigenvalue weighted by atomic mass is 9.53. The van der Waals surface area contributed by atoms with E-state index in [1.165, 1.54) is 11.1 Å². The van der Waals surface area contributed by atoms with Gasteiger partial charge in [0.15, 0.2) is 17.6 Å². The van der Waals surface area contributed by atoms with E-state index in [1.807, 2.05) is 12.1 Å². The largest absolute Gasteiger partial charge is 0.493 e. The lowest BCUT2D eigenvalue weighted by Crippen LogP contribution is -2.63. The molecule has 6 nitrogen and oxygen atoms in total. The Morgan fingerprint density at radius 1 is 1.39 bits per heavy atom. The topological polar surface area (TPSA) is 74.0 Å². The molecule has 28 heavy (non-hydrogen) atoms. The second-order valence-electron chi connectivity index (χ2n) is 9.23. The third-order valence-corrected chi connectivity index (χ3v) is 7.16. The number of esters is 1. The smallest absolute Gasteiger partial charge is 0.330 e. The molecular weight excluding hydrogens is 356 g/mol. The molecule has 2 aliphatic heterocycles. The van der Waals surface area contributed by atoms with Crippen LogP contribution in [-0.2, 0) is 21.4 Å². The Bertz CT molecular complexity index is 887. The maximum Gasteiger partial charge on any atom is 0.330 e. The third kappa shape index (κ3) is 2.19. The third-order valence-electron chi connectivity index (χ3n) is 7.16. The zero-order valence-corrected chi connectivity index (χ0v) is 17.0. The quantitative estimate of drug-likeness (QED) is 0.805. The summed E-state index contributed by atoms with van der Waals surface area (Å²) >= 11 is 0. The number of methoxy groups -OCH3 is 1. The van der Waals surface area contributed by atoms with Gasteiger partial charge in [-0.1, -0.05) is 6.07 Å². The van der Waals surface area contributed by atoms with Crippen LogP contribution in [0.4, 0.5) is 0 Å². The molecule has 1 spiro atoms. The number of carbonyl (C=O) groups is 1. The Kier molecular flexibility index (Phi) is 3.69. The van der Waals surface area contributed by atoms with E-state index in [4.69, 9.17) is 19.9 Å². The van der Waals surface area contributed by atoms with Crippen molar-refractivity contribution in [3.05, 3.63) is 35.1 Å². The van der Waals surface area contributed by atoms with Crippen LogP contribution in [0.3, 0.4) is 0 Å². The lowest BCUT2D eigenvalue weighted by Gasteiger charge is -2.56. The second kappa shape index (κ2) is 5.74. The standard InChI is InChI=1S/C22H28N2O4/c1-21(2,23)20(25)27-16-8-6-13-14-11-12-5-7-15(26-4)18-17(12)22(13,19(16)28-18)9-10-24(14)3/h5,7-8,13-14,19H,6,9-11,23H2,1-4H3/t13-,14+,19-,22-/m0/s1. The molecule has 1 fully saturated rings. The van der Waals surface area contributed by atoms with Crippen LogP contribution in [0.15, 0.2) is 24.0 Å². The van der Waals surface area contributed by atoms with Crippen molar-refractivity contribution in [1.82, 2.24) is 4.90 Å². The number of likely N-dealkylation sites (N-methyl/N-ethyl adjacent to an activating group) is 1. The Morgan fingerprint density at radius 2 is 2.18 bits per heavy atom. The number of nitrogens with two attached hydrogens (primary N) is 1. The van der Waals surface area contributed by atoms with E-state index in [0.717, 1.165) is 37.3 Å². The fourth-order valence-corrected chi connectivity index (χ4v) is 5.80. The maximum absolute atomic E-state index is 12.5. The van der Waals surface area contributed by atoms with E-state index >= 15 is 0 Å². The number of hydrogen-bond donors (Lipinski definition) is 1. The number of likely N-dealkylation sites (tertiary alicyclic amines) is 1. The van der Waals surface area contributed by atoms with Crippen molar-refractivity contribution in [3.8, 4) is 11.5 Å². The molecule has 4 aliphatic rings. The number of nitrogens with zero attached hydrogens (tertiary/aromatic N) is 1. The summed E-state index contributed by atoms with van der Waals surface area (Å²) in [6, 6.07) is 4.64. The van der Waals surface area contributed by atoms with Gasteiger partial charge in [0.1, 0.15) is 11.3 Å². The predicted octanol–water partition coefficient (Wildman–Crippen LogP) is 2.14. The summed E-state index contributed by atoms with van der Waals surface area (Å²) in [6.07, 6.45) is 4.61. The van der Waals surface area contributed by atoms with Gasteiger partial charge in [-0.05, 0) is 70.3 Å². The van der Waals surface area contributed by atoms with Crippen molar-refractivity contribution in [1.29, 1.82) is 0 Å². The van der Waals surface area contributed by atoms with Gasteiger partial charge in [-0.3, -0.25) is 0 Å². The summed E-state index contributed by atoms with van der Waals surface area (Å²) in [5.74, 6) is 2.19. The lowest BCUT2D eigenvalue weighted by molar-refractivity contribution is -0.147. The first kappa shape index (κ1) is 18.0. The number of benzene rings is 1. The van der Waals surface area contributed by atoms with Crippen LogP contribution in [-0.4, -0.2) is 49.3 Å². The van der Waals surface area contributed by atoms with E-state index in [-0.39, 0.29) is 11.5 Å². The molecule has 0 saturated carbocycles. The SMILES string of the molecule is COc1ccc2c3c1O[C@H]1C(OC(=O)C(C)(C)N)=CC[C@H]4[C@@H](C2)N(C)CC[C@]314. The minimum atomic E-state index is -1.05. The van der Waals surface area contributed by atoms with Crippen LogP contribution in [0.25, 0.3) is 0 Å². The van der Waals surface area contributed by atoms with Crippen LogP contribution in [0.5, 0.6) is 11.5 Å². The molecule has 0 aromatic heterocycles. The Balaban J connectivity index is 1.65. The molecule has 5 rings (SSSR count). The van der Waals surface area contributed by atoms with Gasteiger partial charge < -0.3 is 24.8 Å². The predicted molar refractivity (Wildman–Crippen MR) is 104 cm³/mol. The summed E-state index contributed by atoms with van der Waals surface area (Å²) in [5.41, 5.74) is 7.36. The monoisotopic (exact) mass is 384 g/mol. The molecule has 6 heteroatoms. The minimum Gasteiger partial charge on any atom is -0.493 e. The molecule has 0 radical (unpaired) electrons. The molecule has 150 valence electrons. The van der Waals surface area contributed by atoms with Gasteiger partial charge in [0.2, 0.25) is 0 Å². The van der Waals surface area contributed by atoms with Crippen LogP contribution >= 0.6 is 0 Å². The number of piperidine rings is 1. The van der Waals surface area contributed by atoms with Crippen LogP contribution in [0.1, 0.15) is 37.8 Å². The van der Waals surface area contributed by atoms with Crippen molar-refractivity contribution in [2.45, 2.75) is 56.2 Å². The second-order valence-corrected chi connectivity index (χ2v) is 9.23. The molecule has 2 aliphatic carbocycles. The van der Waals surface area contributed by atoms with E-state index in [2.05, 4.69) is 18.0 Å². The molecular formula is C22H28N2O4. The van der Waals surface area contributed by atoms with Crippen LogP contribution < -0.4 is 15.2 Å². The molecule has 2 bridgehead atoms. The van der Waals surface area contributed by atoms with Crippen LogP contribution in [0.2, 0.25) is 0 Å². The van der Waals surface area contributed by atoms with Crippen molar-refractivity contribution < 1.29 is 19.0 Å². The molecule has 1 aromatic rings. The molecule has 4 atom stereocenters. The van der Waals surface area contributed by atoms with E-state index in [0.29, 0.717) is 17.7 Å². The fourth-order valence-electron chi connectivity index (χ4n) is 5.80. The highest BCUT2D eigenvalue weighted by Gasteiger charge is 2.64.